The Hall–Kier alpha value is -2.60. The maximum absolute atomic E-state index is 12.1. The van der Waals surface area contributed by atoms with E-state index in [1.807, 2.05) is 48.0 Å². The van der Waals surface area contributed by atoms with Gasteiger partial charge in [-0.2, -0.15) is 10.2 Å². The van der Waals surface area contributed by atoms with E-state index in [0.717, 1.165) is 11.3 Å². The Balaban J connectivity index is 1.75. The van der Waals surface area contributed by atoms with E-state index >= 15 is 0 Å². The van der Waals surface area contributed by atoms with Crippen LogP contribution in [0.2, 0.25) is 5.02 Å². The van der Waals surface area contributed by atoms with Gasteiger partial charge in [-0.3, -0.25) is 14.6 Å². The van der Waals surface area contributed by atoms with Crippen LogP contribution < -0.4 is 5.32 Å². The van der Waals surface area contributed by atoms with Gasteiger partial charge in [0.25, 0.3) is 5.91 Å². The summed E-state index contributed by atoms with van der Waals surface area (Å²) >= 11 is 5.86. The number of carbonyl (C=O) groups excluding carboxylic acids is 1. The second-order valence-corrected chi connectivity index (χ2v) is 5.27. The zero-order valence-electron chi connectivity index (χ0n) is 11.9. The van der Waals surface area contributed by atoms with Crippen LogP contribution in [0.4, 0.5) is 5.82 Å². The zero-order chi connectivity index (χ0) is 15.5. The second-order valence-electron chi connectivity index (χ2n) is 4.86. The van der Waals surface area contributed by atoms with E-state index in [2.05, 4.69) is 20.6 Å². The summed E-state index contributed by atoms with van der Waals surface area (Å²) in [5.41, 5.74) is 2.31. The number of rotatable bonds is 4. The number of H-pyrrole nitrogens is 1. The molecule has 0 aliphatic rings. The van der Waals surface area contributed by atoms with Gasteiger partial charge in [-0.1, -0.05) is 41.9 Å². The number of carbonyl (C=O) groups is 1. The summed E-state index contributed by atoms with van der Waals surface area (Å²) in [6.07, 6.45) is 1.38. The first-order chi connectivity index (χ1) is 10.6. The minimum atomic E-state index is -0.369. The first-order valence-electron chi connectivity index (χ1n) is 6.72. The van der Waals surface area contributed by atoms with Crippen LogP contribution in [-0.4, -0.2) is 25.9 Å². The van der Waals surface area contributed by atoms with Gasteiger partial charge in [-0.05, 0) is 12.5 Å². The molecule has 1 amide bonds. The number of aryl methyl sites for hydroxylation is 1. The number of anilines is 1. The molecule has 6 nitrogen and oxygen atoms in total. The van der Waals surface area contributed by atoms with Crippen molar-refractivity contribution >= 4 is 23.3 Å². The molecule has 3 rings (SSSR count). The largest absolute Gasteiger partial charge is 0.304 e. The van der Waals surface area contributed by atoms with E-state index in [-0.39, 0.29) is 16.6 Å². The van der Waals surface area contributed by atoms with Gasteiger partial charge in [0.15, 0.2) is 5.82 Å². The van der Waals surface area contributed by atoms with Crippen LogP contribution in [0.5, 0.6) is 0 Å². The van der Waals surface area contributed by atoms with Crippen LogP contribution in [0.1, 0.15) is 21.7 Å². The highest BCUT2D eigenvalue weighted by atomic mass is 35.5. The van der Waals surface area contributed by atoms with Gasteiger partial charge in [0.2, 0.25) is 0 Å². The predicted octanol–water partition coefficient (Wildman–Crippen LogP) is 2.87. The van der Waals surface area contributed by atoms with Crippen LogP contribution in [0.25, 0.3) is 0 Å². The molecular formula is C15H14ClN5O. The van der Waals surface area contributed by atoms with Crippen molar-refractivity contribution in [3.05, 3.63) is 64.6 Å². The second kappa shape index (κ2) is 6.03. The molecule has 2 heterocycles. The Morgan fingerprint density at radius 3 is 2.82 bits per heavy atom. The van der Waals surface area contributed by atoms with Crippen molar-refractivity contribution in [1.82, 2.24) is 20.0 Å². The fourth-order valence-corrected chi connectivity index (χ4v) is 2.27. The Morgan fingerprint density at radius 2 is 2.14 bits per heavy atom. The number of hydrogen-bond acceptors (Lipinski definition) is 3. The number of nitrogens with zero attached hydrogens (tertiary/aromatic N) is 3. The highest BCUT2D eigenvalue weighted by molar-refractivity contribution is 6.34. The molecule has 7 heteroatoms. The molecule has 2 N–H and O–H groups in total. The molecular weight excluding hydrogens is 302 g/mol. The summed E-state index contributed by atoms with van der Waals surface area (Å²) in [6.45, 7) is 2.59. The van der Waals surface area contributed by atoms with Crippen LogP contribution in [0, 0.1) is 6.92 Å². The molecule has 0 fully saturated rings. The van der Waals surface area contributed by atoms with Crippen molar-refractivity contribution in [2.75, 3.05) is 5.32 Å². The molecule has 1 aromatic carbocycles. The van der Waals surface area contributed by atoms with Gasteiger partial charge < -0.3 is 5.32 Å². The molecule has 3 aromatic rings. The molecule has 22 heavy (non-hydrogen) atoms. The van der Waals surface area contributed by atoms with Crippen LogP contribution in [-0.2, 0) is 6.54 Å². The van der Waals surface area contributed by atoms with Crippen molar-refractivity contribution in [2.24, 2.45) is 0 Å². The summed E-state index contributed by atoms with van der Waals surface area (Å²) in [7, 11) is 0. The summed E-state index contributed by atoms with van der Waals surface area (Å²) < 4.78 is 1.83. The molecule has 112 valence electrons. The molecule has 0 bridgehead atoms. The predicted molar refractivity (Wildman–Crippen MR) is 84.1 cm³/mol. The molecule has 0 unspecified atom stereocenters. The molecule has 2 aromatic heterocycles. The van der Waals surface area contributed by atoms with E-state index in [0.29, 0.717) is 12.4 Å². The SMILES string of the molecule is Cc1cc(NC(=O)c2[nH]ncc2Cl)nn1Cc1ccccc1. The van der Waals surface area contributed by atoms with Crippen LogP contribution in [0.3, 0.4) is 0 Å². The lowest BCUT2D eigenvalue weighted by molar-refractivity contribution is 0.102. The van der Waals surface area contributed by atoms with E-state index in [1.165, 1.54) is 6.20 Å². The third-order valence-electron chi connectivity index (χ3n) is 3.22. The monoisotopic (exact) mass is 315 g/mol. The van der Waals surface area contributed by atoms with Gasteiger partial charge in [0.05, 0.1) is 17.8 Å². The van der Waals surface area contributed by atoms with E-state index in [4.69, 9.17) is 11.6 Å². The van der Waals surface area contributed by atoms with E-state index in [9.17, 15) is 4.79 Å². The normalized spacial score (nSPS) is 10.6. The number of aromatic amines is 1. The van der Waals surface area contributed by atoms with Crippen molar-refractivity contribution in [1.29, 1.82) is 0 Å². The maximum Gasteiger partial charge on any atom is 0.276 e. The number of aromatic nitrogens is 4. The fraction of sp³-hybridized carbons (Fsp3) is 0.133. The molecule has 0 radical (unpaired) electrons. The number of hydrogen-bond donors (Lipinski definition) is 2. The third-order valence-corrected chi connectivity index (χ3v) is 3.50. The molecule has 0 spiro atoms. The highest BCUT2D eigenvalue weighted by Gasteiger charge is 2.14. The van der Waals surface area contributed by atoms with Gasteiger partial charge in [0, 0.05) is 11.8 Å². The average molecular weight is 316 g/mol. The summed E-state index contributed by atoms with van der Waals surface area (Å²) in [5, 5.41) is 13.7. The first kappa shape index (κ1) is 14.3. The van der Waals surface area contributed by atoms with Crippen LogP contribution >= 0.6 is 11.6 Å². The fourth-order valence-electron chi connectivity index (χ4n) is 2.10. The first-order valence-corrected chi connectivity index (χ1v) is 7.10. The lowest BCUT2D eigenvalue weighted by Gasteiger charge is -2.04. The lowest BCUT2D eigenvalue weighted by Crippen LogP contribution is -2.14. The van der Waals surface area contributed by atoms with Crippen molar-refractivity contribution in [3.8, 4) is 0 Å². The Labute approximate surface area is 132 Å². The van der Waals surface area contributed by atoms with Gasteiger partial charge in [-0.25, -0.2) is 0 Å². The van der Waals surface area contributed by atoms with Crippen molar-refractivity contribution in [2.45, 2.75) is 13.5 Å². The Morgan fingerprint density at radius 1 is 1.36 bits per heavy atom. The van der Waals surface area contributed by atoms with E-state index in [1.54, 1.807) is 0 Å². The van der Waals surface area contributed by atoms with Gasteiger partial charge >= 0.3 is 0 Å². The minimum absolute atomic E-state index is 0.219. The smallest absolute Gasteiger partial charge is 0.276 e. The van der Waals surface area contributed by atoms with Gasteiger partial charge in [0.1, 0.15) is 5.69 Å². The topological polar surface area (TPSA) is 75.6 Å². The molecule has 0 aliphatic carbocycles. The summed E-state index contributed by atoms with van der Waals surface area (Å²) in [4.78, 5) is 12.1. The molecule has 0 saturated heterocycles. The standard InChI is InChI=1S/C15H14ClN5O/c1-10-7-13(18-15(22)14-12(16)8-17-19-14)20-21(10)9-11-5-3-2-4-6-11/h2-8H,9H2,1H3,(H,17,19)(H,18,20,22). The average Bonchev–Trinajstić information content (AvgIpc) is 3.07. The maximum atomic E-state index is 12.1. The third kappa shape index (κ3) is 3.01. The summed E-state index contributed by atoms with van der Waals surface area (Å²) in [5.74, 6) is 0.107. The highest BCUT2D eigenvalue weighted by Crippen LogP contribution is 2.15. The summed E-state index contributed by atoms with van der Waals surface area (Å²) in [6, 6.07) is 11.8. The minimum Gasteiger partial charge on any atom is -0.304 e. The van der Waals surface area contributed by atoms with Crippen molar-refractivity contribution < 1.29 is 4.79 Å². The Kier molecular flexibility index (Phi) is 3.93. The van der Waals surface area contributed by atoms with Crippen molar-refractivity contribution in [3.63, 3.8) is 0 Å². The van der Waals surface area contributed by atoms with Crippen LogP contribution in [0.15, 0.2) is 42.6 Å². The number of amides is 1. The molecule has 0 atom stereocenters. The Bertz CT molecular complexity index is 793. The van der Waals surface area contributed by atoms with Gasteiger partial charge in [-0.15, -0.1) is 0 Å². The zero-order valence-corrected chi connectivity index (χ0v) is 12.6. The number of halogens is 1. The molecule has 0 saturated carbocycles. The molecule has 0 aliphatic heterocycles. The van der Waals surface area contributed by atoms with E-state index < -0.39 is 0 Å². The number of benzene rings is 1. The lowest BCUT2D eigenvalue weighted by atomic mass is 10.2. The number of nitrogens with one attached hydrogen (secondary N) is 2. The quantitative estimate of drug-likeness (QED) is 0.777.